The van der Waals surface area contributed by atoms with E-state index < -0.39 is 40.5 Å². The number of sulfonamides is 1. The lowest BCUT2D eigenvalue weighted by atomic mass is 10.1. The normalized spacial score (nSPS) is 21.2. The standard InChI is InChI=1S/C25H35N7O7S/c1-5-26-24(35)21-19(33)20(34)25(39-21)32-13-28-18-22(27-10-15-6-8-16(38-4)9-7-15)30-17(31-23(18)32)11-29-40(36,37)12-14(2)3/h6-9,13-14,19-21,25,29,33-34H,5,10-12H2,1-4H3,(H,26,35)(H,27,30,31)/t19-,20+,21-,25?/m0/s1. The van der Waals surface area contributed by atoms with E-state index in [1.54, 1.807) is 27.9 Å². The first-order chi connectivity index (χ1) is 19.0. The highest BCUT2D eigenvalue weighted by molar-refractivity contribution is 7.89. The molecule has 3 heterocycles. The molecule has 0 spiro atoms. The highest BCUT2D eigenvalue weighted by Gasteiger charge is 2.47. The van der Waals surface area contributed by atoms with E-state index in [4.69, 9.17) is 9.47 Å². The van der Waals surface area contributed by atoms with Crippen molar-refractivity contribution in [2.45, 2.75) is 58.4 Å². The predicted molar refractivity (Wildman–Crippen MR) is 146 cm³/mol. The van der Waals surface area contributed by atoms with Gasteiger partial charge in [0.05, 0.1) is 25.7 Å². The van der Waals surface area contributed by atoms with Crippen molar-refractivity contribution in [1.29, 1.82) is 0 Å². The van der Waals surface area contributed by atoms with Gasteiger partial charge in [-0.1, -0.05) is 26.0 Å². The summed E-state index contributed by atoms with van der Waals surface area (Å²) in [4.78, 5) is 25.8. The fourth-order valence-corrected chi connectivity index (χ4v) is 5.68. The molecule has 5 N–H and O–H groups in total. The third kappa shape index (κ3) is 6.67. The number of hydrogen-bond donors (Lipinski definition) is 5. The molecule has 0 aliphatic carbocycles. The summed E-state index contributed by atoms with van der Waals surface area (Å²) in [6, 6.07) is 7.42. The number of carbonyl (C=O) groups is 1. The number of nitrogens with one attached hydrogen (secondary N) is 3. The Bertz CT molecular complexity index is 1430. The lowest BCUT2D eigenvalue weighted by Gasteiger charge is -2.17. The number of nitrogens with zero attached hydrogens (tertiary/aromatic N) is 4. The number of likely N-dealkylation sites (N-methyl/N-ethyl adjacent to an activating group) is 1. The van der Waals surface area contributed by atoms with Crippen LogP contribution in [0.1, 0.15) is 38.4 Å². The van der Waals surface area contributed by atoms with Gasteiger partial charge in [-0.25, -0.2) is 28.1 Å². The third-order valence-electron chi connectivity index (χ3n) is 6.21. The third-order valence-corrected chi connectivity index (χ3v) is 7.90. The van der Waals surface area contributed by atoms with E-state index in [1.165, 1.54) is 10.9 Å². The maximum absolute atomic E-state index is 12.5. The molecule has 14 nitrogen and oxygen atoms in total. The van der Waals surface area contributed by atoms with Crippen molar-refractivity contribution in [3.05, 3.63) is 42.0 Å². The van der Waals surface area contributed by atoms with Gasteiger partial charge >= 0.3 is 0 Å². The molecule has 0 bridgehead atoms. The fraction of sp³-hybridized carbons (Fsp3) is 0.520. The molecular weight excluding hydrogens is 542 g/mol. The van der Waals surface area contributed by atoms with Gasteiger partial charge in [0.1, 0.15) is 23.8 Å². The number of anilines is 1. The van der Waals surface area contributed by atoms with Crippen LogP contribution in [0.5, 0.6) is 5.75 Å². The zero-order valence-electron chi connectivity index (χ0n) is 22.7. The fourth-order valence-electron chi connectivity index (χ4n) is 4.33. The average Bonchev–Trinajstić information content (AvgIpc) is 3.46. The highest BCUT2D eigenvalue weighted by atomic mass is 32.2. The van der Waals surface area contributed by atoms with Crippen LogP contribution in [0.3, 0.4) is 0 Å². The zero-order chi connectivity index (χ0) is 29.0. The summed E-state index contributed by atoms with van der Waals surface area (Å²) >= 11 is 0. The molecule has 1 aliphatic rings. The summed E-state index contributed by atoms with van der Waals surface area (Å²) < 4.78 is 39.8. The summed E-state index contributed by atoms with van der Waals surface area (Å²) in [7, 11) is -2.00. The predicted octanol–water partition coefficient (Wildman–Crippen LogP) is 0.278. The first kappa shape index (κ1) is 29.6. The smallest absolute Gasteiger partial charge is 0.252 e. The second-order valence-electron chi connectivity index (χ2n) is 9.83. The maximum atomic E-state index is 12.5. The number of carbonyl (C=O) groups excluding carboxylic acids is 1. The van der Waals surface area contributed by atoms with E-state index in [1.807, 2.05) is 24.3 Å². The van der Waals surface area contributed by atoms with E-state index >= 15 is 0 Å². The van der Waals surface area contributed by atoms with Crippen LogP contribution >= 0.6 is 0 Å². The Morgan fingerprint density at radius 2 is 1.88 bits per heavy atom. The van der Waals surface area contributed by atoms with Gasteiger partial charge in [-0.15, -0.1) is 0 Å². The van der Waals surface area contributed by atoms with Crippen LogP contribution in [-0.2, 0) is 32.6 Å². The van der Waals surface area contributed by atoms with Gasteiger partial charge < -0.3 is 30.3 Å². The SMILES string of the molecule is CCNC(=O)[C@H]1OC(n2cnc3c(NCc4ccc(OC)cc4)nc(CNS(=O)(=O)CC(C)C)nc32)[C@H](O)[C@@H]1O. The summed E-state index contributed by atoms with van der Waals surface area (Å²) in [5, 5.41) is 27.0. The molecule has 4 atom stereocenters. The van der Waals surface area contributed by atoms with E-state index in [9.17, 15) is 23.4 Å². The zero-order valence-corrected chi connectivity index (χ0v) is 23.6. The first-order valence-electron chi connectivity index (χ1n) is 12.9. The number of imidazole rings is 1. The molecule has 1 unspecified atom stereocenters. The molecule has 1 aromatic carbocycles. The maximum Gasteiger partial charge on any atom is 0.252 e. The quantitative estimate of drug-likeness (QED) is 0.199. The topological polar surface area (TPSA) is 190 Å². The van der Waals surface area contributed by atoms with Crippen LogP contribution in [0.4, 0.5) is 5.82 Å². The van der Waals surface area contributed by atoms with Crippen LogP contribution < -0.4 is 20.1 Å². The number of ether oxygens (including phenoxy) is 2. The van der Waals surface area contributed by atoms with Crippen LogP contribution in [-0.4, -0.2) is 81.8 Å². The molecule has 1 amide bonds. The lowest BCUT2D eigenvalue weighted by Crippen LogP contribution is -2.42. The Morgan fingerprint density at radius 3 is 2.52 bits per heavy atom. The van der Waals surface area contributed by atoms with Crippen molar-refractivity contribution in [1.82, 2.24) is 29.6 Å². The summed E-state index contributed by atoms with van der Waals surface area (Å²) in [6.45, 7) is 5.83. The molecule has 1 fully saturated rings. The summed E-state index contributed by atoms with van der Waals surface area (Å²) in [5.74, 6) is 0.493. The van der Waals surface area contributed by atoms with Crippen molar-refractivity contribution in [3.63, 3.8) is 0 Å². The molecule has 15 heteroatoms. The number of aromatic nitrogens is 4. The number of aliphatic hydroxyl groups is 2. The summed E-state index contributed by atoms with van der Waals surface area (Å²) in [5.41, 5.74) is 1.47. The number of methoxy groups -OCH3 is 1. The van der Waals surface area contributed by atoms with Gasteiger partial charge in [0.15, 0.2) is 29.3 Å². The van der Waals surface area contributed by atoms with Crippen molar-refractivity contribution in [3.8, 4) is 5.75 Å². The molecule has 40 heavy (non-hydrogen) atoms. The van der Waals surface area contributed by atoms with E-state index in [-0.39, 0.29) is 29.7 Å². The van der Waals surface area contributed by atoms with Crippen molar-refractivity contribution in [2.75, 3.05) is 24.7 Å². The molecule has 1 aliphatic heterocycles. The van der Waals surface area contributed by atoms with E-state index in [0.29, 0.717) is 30.2 Å². The van der Waals surface area contributed by atoms with Crippen LogP contribution in [0.25, 0.3) is 11.2 Å². The summed E-state index contributed by atoms with van der Waals surface area (Å²) in [6.07, 6.45) is -4.04. The van der Waals surface area contributed by atoms with Crippen molar-refractivity contribution < 1.29 is 32.9 Å². The molecule has 2 aromatic heterocycles. The van der Waals surface area contributed by atoms with Crippen LogP contribution in [0.15, 0.2) is 30.6 Å². The number of hydrogen-bond acceptors (Lipinski definition) is 11. The van der Waals surface area contributed by atoms with Gasteiger partial charge in [0.2, 0.25) is 10.0 Å². The Kier molecular flexibility index (Phi) is 9.20. The van der Waals surface area contributed by atoms with Gasteiger partial charge in [-0.3, -0.25) is 9.36 Å². The highest BCUT2D eigenvalue weighted by Crippen LogP contribution is 2.33. The van der Waals surface area contributed by atoms with Crippen LogP contribution in [0, 0.1) is 5.92 Å². The minimum absolute atomic E-state index is 0.0586. The van der Waals surface area contributed by atoms with Gasteiger partial charge in [0, 0.05) is 13.1 Å². The van der Waals surface area contributed by atoms with Gasteiger partial charge in [-0.2, -0.15) is 0 Å². The largest absolute Gasteiger partial charge is 0.497 e. The molecule has 0 saturated carbocycles. The monoisotopic (exact) mass is 577 g/mol. The number of amides is 1. The Labute approximate surface area is 232 Å². The first-order valence-corrected chi connectivity index (χ1v) is 14.5. The number of fused-ring (bicyclic) bond motifs is 1. The second kappa shape index (κ2) is 12.4. The Hall–Kier alpha value is -3.37. The average molecular weight is 578 g/mol. The van der Waals surface area contributed by atoms with E-state index in [2.05, 4.69) is 30.3 Å². The molecule has 1 saturated heterocycles. The molecule has 3 aromatic rings. The molecule has 4 rings (SSSR count). The van der Waals surface area contributed by atoms with Crippen molar-refractivity contribution >= 4 is 32.9 Å². The molecule has 218 valence electrons. The second-order valence-corrected chi connectivity index (χ2v) is 11.7. The molecule has 0 radical (unpaired) electrons. The number of rotatable bonds is 12. The Balaban J connectivity index is 1.67. The lowest BCUT2D eigenvalue weighted by molar-refractivity contribution is -0.137. The van der Waals surface area contributed by atoms with Gasteiger partial charge in [0.25, 0.3) is 5.91 Å². The number of aliphatic hydroxyl groups excluding tert-OH is 2. The van der Waals surface area contributed by atoms with E-state index in [0.717, 1.165) is 5.56 Å². The Morgan fingerprint density at radius 1 is 1.15 bits per heavy atom. The van der Waals surface area contributed by atoms with Crippen molar-refractivity contribution in [2.24, 2.45) is 5.92 Å². The van der Waals surface area contributed by atoms with Gasteiger partial charge in [-0.05, 0) is 30.5 Å². The molecular formula is C25H35N7O7S. The van der Waals surface area contributed by atoms with Crippen LogP contribution in [0.2, 0.25) is 0 Å². The minimum atomic E-state index is -3.58. The number of benzene rings is 1. The minimum Gasteiger partial charge on any atom is -0.497 e.